The summed E-state index contributed by atoms with van der Waals surface area (Å²) in [6.07, 6.45) is 0. The third kappa shape index (κ3) is 6.27. The van der Waals surface area contributed by atoms with Gasteiger partial charge in [-0.2, -0.15) is 0 Å². The van der Waals surface area contributed by atoms with Crippen molar-refractivity contribution in [2.45, 2.75) is 13.8 Å². The van der Waals surface area contributed by atoms with E-state index in [0.29, 0.717) is 22.6 Å². The Balaban J connectivity index is 1.46. The van der Waals surface area contributed by atoms with Gasteiger partial charge in [0, 0.05) is 16.8 Å². The highest BCUT2D eigenvalue weighted by Crippen LogP contribution is 2.18. The number of nitrogens with one attached hydrogen (secondary N) is 1. The fraction of sp³-hybridized carbons (Fsp3) is 0.160. The van der Waals surface area contributed by atoms with Crippen LogP contribution in [0.4, 0.5) is 5.69 Å². The largest absolute Gasteiger partial charge is 0.482 e. The number of anilines is 1. The quantitative estimate of drug-likeness (QED) is 0.435. The summed E-state index contributed by atoms with van der Waals surface area (Å²) in [5.74, 6) is -0.611. The highest BCUT2D eigenvalue weighted by Gasteiger charge is 2.12. The lowest BCUT2D eigenvalue weighted by Gasteiger charge is -2.10. The van der Waals surface area contributed by atoms with Crippen molar-refractivity contribution in [3.8, 4) is 5.75 Å². The van der Waals surface area contributed by atoms with Gasteiger partial charge >= 0.3 is 5.97 Å². The number of rotatable bonds is 8. The minimum absolute atomic E-state index is 0.239. The van der Waals surface area contributed by atoms with Crippen molar-refractivity contribution < 1.29 is 23.9 Å². The van der Waals surface area contributed by atoms with E-state index in [4.69, 9.17) is 9.47 Å². The van der Waals surface area contributed by atoms with Crippen LogP contribution in [0, 0.1) is 13.8 Å². The third-order valence-corrected chi connectivity index (χ3v) is 4.54. The Kier molecular flexibility index (Phi) is 7.17. The van der Waals surface area contributed by atoms with Crippen LogP contribution in [0.25, 0.3) is 0 Å². The molecule has 0 heterocycles. The zero-order valence-corrected chi connectivity index (χ0v) is 17.4. The first-order valence-corrected chi connectivity index (χ1v) is 9.78. The summed E-state index contributed by atoms with van der Waals surface area (Å²) in [6.45, 7) is 3.20. The van der Waals surface area contributed by atoms with Crippen LogP contribution in [-0.2, 0) is 9.53 Å². The molecule has 0 aromatic heterocycles. The maximum atomic E-state index is 12.3. The maximum Gasteiger partial charge on any atom is 0.344 e. The van der Waals surface area contributed by atoms with Gasteiger partial charge in [0.1, 0.15) is 5.75 Å². The molecule has 3 rings (SSSR count). The molecule has 0 radical (unpaired) electrons. The van der Waals surface area contributed by atoms with Gasteiger partial charge in [-0.1, -0.05) is 35.9 Å². The molecule has 1 N–H and O–H groups in total. The number of ketones is 1. The van der Waals surface area contributed by atoms with Gasteiger partial charge in [0.25, 0.3) is 5.91 Å². The van der Waals surface area contributed by atoms with Crippen LogP contribution in [-0.4, -0.2) is 30.9 Å². The van der Waals surface area contributed by atoms with Crippen molar-refractivity contribution in [2.75, 3.05) is 18.5 Å². The van der Waals surface area contributed by atoms with Crippen LogP contribution in [0.1, 0.15) is 31.8 Å². The van der Waals surface area contributed by atoms with Crippen molar-refractivity contribution in [2.24, 2.45) is 0 Å². The summed E-state index contributed by atoms with van der Waals surface area (Å²) in [6, 6.07) is 20.9. The maximum absolute atomic E-state index is 12.3. The standard InChI is InChI=1S/C25H23NO5/c1-17-8-13-23(18(2)14-17)30-16-24(28)31-15-22(27)19-9-11-21(12-10-19)26-25(29)20-6-4-3-5-7-20/h3-14H,15-16H2,1-2H3,(H,26,29). The molecule has 0 aliphatic carbocycles. The molecular weight excluding hydrogens is 394 g/mol. The highest BCUT2D eigenvalue weighted by molar-refractivity contribution is 6.04. The first kappa shape index (κ1) is 21.8. The predicted molar refractivity (Wildman–Crippen MR) is 118 cm³/mol. The van der Waals surface area contributed by atoms with E-state index in [-0.39, 0.29) is 24.9 Å². The van der Waals surface area contributed by atoms with Crippen molar-refractivity contribution >= 4 is 23.3 Å². The molecule has 6 nitrogen and oxygen atoms in total. The molecule has 0 aliphatic rings. The fourth-order valence-corrected chi connectivity index (χ4v) is 2.90. The molecule has 0 atom stereocenters. The van der Waals surface area contributed by atoms with Crippen LogP contribution >= 0.6 is 0 Å². The van der Waals surface area contributed by atoms with E-state index >= 15 is 0 Å². The molecule has 0 saturated heterocycles. The summed E-state index contributed by atoms with van der Waals surface area (Å²) in [5.41, 5.74) is 3.50. The summed E-state index contributed by atoms with van der Waals surface area (Å²) < 4.78 is 10.5. The molecule has 3 aromatic carbocycles. The van der Waals surface area contributed by atoms with Gasteiger partial charge < -0.3 is 14.8 Å². The molecule has 0 bridgehead atoms. The van der Waals surface area contributed by atoms with Gasteiger partial charge in [-0.25, -0.2) is 4.79 Å². The Labute approximate surface area is 180 Å². The number of carbonyl (C=O) groups is 3. The number of amides is 1. The average Bonchev–Trinajstić information content (AvgIpc) is 2.78. The van der Waals surface area contributed by atoms with Gasteiger partial charge in [-0.3, -0.25) is 9.59 Å². The number of aryl methyl sites for hydroxylation is 2. The van der Waals surface area contributed by atoms with Crippen LogP contribution in [0.15, 0.2) is 72.8 Å². The Morgan fingerprint density at radius 3 is 2.19 bits per heavy atom. The van der Waals surface area contributed by atoms with Crippen LogP contribution in [0.3, 0.4) is 0 Å². The first-order chi connectivity index (χ1) is 14.9. The smallest absolute Gasteiger partial charge is 0.344 e. The zero-order valence-electron chi connectivity index (χ0n) is 17.4. The lowest BCUT2D eigenvalue weighted by Crippen LogP contribution is -2.19. The average molecular weight is 417 g/mol. The van der Waals surface area contributed by atoms with Gasteiger partial charge in [0.05, 0.1) is 0 Å². The summed E-state index contributed by atoms with van der Waals surface area (Å²) in [7, 11) is 0. The molecular formula is C25H23NO5. The molecule has 0 aliphatic heterocycles. The SMILES string of the molecule is Cc1ccc(OCC(=O)OCC(=O)c2ccc(NC(=O)c3ccccc3)cc2)c(C)c1. The van der Waals surface area contributed by atoms with Gasteiger partial charge in [-0.05, 0) is 61.9 Å². The summed E-state index contributed by atoms with van der Waals surface area (Å²) in [5, 5.41) is 2.76. The Morgan fingerprint density at radius 1 is 0.806 bits per heavy atom. The lowest BCUT2D eigenvalue weighted by molar-refractivity contribution is -0.144. The minimum atomic E-state index is -0.625. The summed E-state index contributed by atoms with van der Waals surface area (Å²) >= 11 is 0. The normalized spacial score (nSPS) is 10.3. The van der Waals surface area contributed by atoms with Crippen LogP contribution < -0.4 is 10.1 Å². The molecule has 1 amide bonds. The van der Waals surface area contributed by atoms with E-state index in [1.54, 1.807) is 54.6 Å². The first-order valence-electron chi connectivity index (χ1n) is 9.78. The molecule has 0 fully saturated rings. The van der Waals surface area contributed by atoms with Crippen LogP contribution in [0.2, 0.25) is 0 Å². The number of esters is 1. The molecule has 0 saturated carbocycles. The second-order valence-corrected chi connectivity index (χ2v) is 7.04. The van der Waals surface area contributed by atoms with E-state index in [1.165, 1.54) is 0 Å². The molecule has 158 valence electrons. The third-order valence-electron chi connectivity index (χ3n) is 4.54. The van der Waals surface area contributed by atoms with Crippen molar-refractivity contribution in [3.63, 3.8) is 0 Å². The molecule has 3 aromatic rings. The Bertz CT molecular complexity index is 1070. The fourth-order valence-electron chi connectivity index (χ4n) is 2.90. The number of Topliss-reactive ketones (excluding diaryl/α,β-unsaturated/α-hetero) is 1. The van der Waals surface area contributed by atoms with Gasteiger partial charge in [0.2, 0.25) is 0 Å². The Hall–Kier alpha value is -3.93. The number of hydrogen-bond donors (Lipinski definition) is 1. The molecule has 0 spiro atoms. The zero-order chi connectivity index (χ0) is 22.2. The number of carbonyl (C=O) groups excluding carboxylic acids is 3. The molecule has 31 heavy (non-hydrogen) atoms. The minimum Gasteiger partial charge on any atom is -0.482 e. The van der Waals surface area contributed by atoms with Crippen LogP contribution in [0.5, 0.6) is 5.75 Å². The number of ether oxygens (including phenoxy) is 2. The molecule has 6 heteroatoms. The Morgan fingerprint density at radius 2 is 1.52 bits per heavy atom. The second-order valence-electron chi connectivity index (χ2n) is 7.04. The van der Waals surface area contributed by atoms with Crippen molar-refractivity contribution in [3.05, 3.63) is 95.1 Å². The number of benzene rings is 3. The lowest BCUT2D eigenvalue weighted by atomic mass is 10.1. The van der Waals surface area contributed by atoms with E-state index in [1.807, 2.05) is 32.0 Å². The number of hydrogen-bond acceptors (Lipinski definition) is 5. The van der Waals surface area contributed by atoms with E-state index in [0.717, 1.165) is 11.1 Å². The highest BCUT2D eigenvalue weighted by atomic mass is 16.6. The van der Waals surface area contributed by atoms with E-state index < -0.39 is 5.97 Å². The predicted octanol–water partition coefficient (Wildman–Crippen LogP) is 4.36. The monoisotopic (exact) mass is 417 g/mol. The van der Waals surface area contributed by atoms with Crippen molar-refractivity contribution in [1.82, 2.24) is 0 Å². The van der Waals surface area contributed by atoms with Gasteiger partial charge in [0.15, 0.2) is 19.0 Å². The molecule has 0 unspecified atom stereocenters. The second kappa shape index (κ2) is 10.2. The summed E-state index contributed by atoms with van der Waals surface area (Å²) in [4.78, 5) is 36.3. The van der Waals surface area contributed by atoms with Gasteiger partial charge in [-0.15, -0.1) is 0 Å². The van der Waals surface area contributed by atoms with Crippen molar-refractivity contribution in [1.29, 1.82) is 0 Å². The van der Waals surface area contributed by atoms with E-state index in [2.05, 4.69) is 5.32 Å². The topological polar surface area (TPSA) is 81.7 Å². The van der Waals surface area contributed by atoms with E-state index in [9.17, 15) is 14.4 Å².